The van der Waals surface area contributed by atoms with Crippen LogP contribution in [0.25, 0.3) is 0 Å². The van der Waals surface area contributed by atoms with Crippen molar-refractivity contribution in [3.63, 3.8) is 0 Å². The fraction of sp³-hybridized carbons (Fsp3) is 0.600. The van der Waals surface area contributed by atoms with Gasteiger partial charge in [-0.05, 0) is 26.3 Å². The molecule has 0 unspecified atom stereocenters. The van der Waals surface area contributed by atoms with Gasteiger partial charge >= 0.3 is 0 Å². The normalized spacial score (nSPS) is 11.0. The van der Waals surface area contributed by atoms with Gasteiger partial charge in [0.1, 0.15) is 0 Å². The first kappa shape index (κ1) is 15.6. The van der Waals surface area contributed by atoms with E-state index in [9.17, 15) is 0 Å². The Kier molecular flexibility index (Phi) is 5.80. The van der Waals surface area contributed by atoms with E-state index in [0.29, 0.717) is 0 Å². The van der Waals surface area contributed by atoms with E-state index >= 15 is 0 Å². The second kappa shape index (κ2) is 7.83. The smallest absolute Gasteiger partial charge is 0.203 e. The van der Waals surface area contributed by atoms with E-state index in [4.69, 9.17) is 4.74 Å². The summed E-state index contributed by atoms with van der Waals surface area (Å²) in [4.78, 5) is 4.54. The Morgan fingerprint density at radius 3 is 2.95 bits per heavy atom. The van der Waals surface area contributed by atoms with Gasteiger partial charge in [0, 0.05) is 57.9 Å². The summed E-state index contributed by atoms with van der Waals surface area (Å²) in [6.45, 7) is 7.38. The van der Waals surface area contributed by atoms with Gasteiger partial charge in [0.05, 0.1) is 5.69 Å². The Hall–Kier alpha value is -1.82. The monoisotopic (exact) mass is 291 g/mol. The highest BCUT2D eigenvalue weighted by Crippen LogP contribution is 2.10. The van der Waals surface area contributed by atoms with Crippen LogP contribution in [-0.4, -0.2) is 39.1 Å². The van der Waals surface area contributed by atoms with E-state index in [1.165, 1.54) is 5.69 Å². The molecule has 6 heteroatoms. The molecule has 2 rings (SSSR count). The molecule has 0 saturated carbocycles. The maximum absolute atomic E-state index is 5.34. The lowest BCUT2D eigenvalue weighted by Gasteiger charge is -2.10. The van der Waals surface area contributed by atoms with E-state index in [1.54, 1.807) is 0 Å². The summed E-state index contributed by atoms with van der Waals surface area (Å²) in [5.41, 5.74) is 2.26. The number of hydrogen-bond donors (Lipinski definition) is 1. The lowest BCUT2D eigenvalue weighted by molar-refractivity contribution is 0.147. The summed E-state index contributed by atoms with van der Waals surface area (Å²) in [5.74, 6) is 0.936. The van der Waals surface area contributed by atoms with Gasteiger partial charge in [0.15, 0.2) is 0 Å². The van der Waals surface area contributed by atoms with Crippen LogP contribution in [0.15, 0.2) is 18.5 Å². The highest BCUT2D eigenvalue weighted by atomic mass is 16.5. The van der Waals surface area contributed by atoms with Gasteiger partial charge < -0.3 is 14.6 Å². The average molecular weight is 291 g/mol. The standard InChI is InChI=1S/C15H25N5O/c1-4-21-11-5-8-16-15-18-13(2)12-20(15)10-7-14-6-9-17-19(14)3/h6,9,12H,4-5,7-8,10-11H2,1-3H3,(H,16,18). The van der Waals surface area contributed by atoms with Gasteiger partial charge in [-0.15, -0.1) is 0 Å². The van der Waals surface area contributed by atoms with Crippen molar-refractivity contribution in [3.05, 3.63) is 29.8 Å². The molecule has 0 amide bonds. The largest absolute Gasteiger partial charge is 0.382 e. The van der Waals surface area contributed by atoms with Crippen LogP contribution < -0.4 is 5.32 Å². The summed E-state index contributed by atoms with van der Waals surface area (Å²) in [6, 6.07) is 2.05. The molecule has 2 aromatic rings. The minimum Gasteiger partial charge on any atom is -0.382 e. The average Bonchev–Trinajstić information content (AvgIpc) is 3.02. The molecule has 2 aromatic heterocycles. The van der Waals surface area contributed by atoms with E-state index < -0.39 is 0 Å². The first-order valence-corrected chi connectivity index (χ1v) is 7.53. The zero-order valence-electron chi connectivity index (χ0n) is 13.2. The quantitative estimate of drug-likeness (QED) is 0.718. The van der Waals surface area contributed by atoms with Crippen molar-refractivity contribution >= 4 is 5.95 Å². The third kappa shape index (κ3) is 4.60. The van der Waals surface area contributed by atoms with Crippen LogP contribution in [0.4, 0.5) is 5.95 Å². The highest BCUT2D eigenvalue weighted by Gasteiger charge is 2.06. The molecule has 21 heavy (non-hydrogen) atoms. The topological polar surface area (TPSA) is 56.9 Å². The zero-order chi connectivity index (χ0) is 15.1. The molecule has 0 spiro atoms. The number of aromatic nitrogens is 4. The molecule has 0 radical (unpaired) electrons. The highest BCUT2D eigenvalue weighted by molar-refractivity contribution is 5.28. The Labute approximate surface area is 126 Å². The second-order valence-corrected chi connectivity index (χ2v) is 5.07. The van der Waals surface area contributed by atoms with E-state index in [1.807, 2.05) is 31.8 Å². The number of aryl methyl sites for hydroxylation is 4. The minimum atomic E-state index is 0.776. The molecule has 0 aromatic carbocycles. The number of ether oxygens (including phenoxy) is 1. The number of hydrogen-bond acceptors (Lipinski definition) is 4. The second-order valence-electron chi connectivity index (χ2n) is 5.07. The molecular formula is C15H25N5O. The van der Waals surface area contributed by atoms with Gasteiger partial charge in [-0.3, -0.25) is 4.68 Å². The maximum Gasteiger partial charge on any atom is 0.203 e. The summed E-state index contributed by atoms with van der Waals surface area (Å²) in [7, 11) is 1.97. The number of nitrogens with zero attached hydrogens (tertiary/aromatic N) is 4. The predicted molar refractivity (Wildman–Crippen MR) is 83.5 cm³/mol. The van der Waals surface area contributed by atoms with Crippen LogP contribution in [0.5, 0.6) is 0 Å². The van der Waals surface area contributed by atoms with Crippen LogP contribution >= 0.6 is 0 Å². The van der Waals surface area contributed by atoms with Gasteiger partial charge in [-0.2, -0.15) is 5.10 Å². The van der Waals surface area contributed by atoms with Crippen molar-refractivity contribution in [3.8, 4) is 0 Å². The van der Waals surface area contributed by atoms with Crippen molar-refractivity contribution in [2.24, 2.45) is 7.05 Å². The summed E-state index contributed by atoms with van der Waals surface area (Å²) in [5, 5.41) is 7.58. The summed E-state index contributed by atoms with van der Waals surface area (Å²) >= 11 is 0. The molecule has 0 aliphatic carbocycles. The zero-order valence-corrected chi connectivity index (χ0v) is 13.2. The lowest BCUT2D eigenvalue weighted by Crippen LogP contribution is -2.12. The third-order valence-corrected chi connectivity index (χ3v) is 3.38. The number of anilines is 1. The lowest BCUT2D eigenvalue weighted by atomic mass is 10.3. The van der Waals surface area contributed by atoms with Crippen molar-refractivity contribution in [2.75, 3.05) is 25.1 Å². The van der Waals surface area contributed by atoms with E-state index in [0.717, 1.165) is 50.8 Å². The molecule has 2 heterocycles. The SMILES string of the molecule is CCOCCCNc1nc(C)cn1CCc1ccnn1C. The first-order valence-electron chi connectivity index (χ1n) is 7.53. The fourth-order valence-corrected chi connectivity index (χ4v) is 2.26. The third-order valence-electron chi connectivity index (χ3n) is 3.38. The van der Waals surface area contributed by atoms with Crippen LogP contribution in [0.2, 0.25) is 0 Å². The van der Waals surface area contributed by atoms with Crippen LogP contribution in [0.1, 0.15) is 24.7 Å². The molecule has 6 nitrogen and oxygen atoms in total. The maximum atomic E-state index is 5.34. The Bertz CT molecular complexity index is 546. The van der Waals surface area contributed by atoms with Gasteiger partial charge in [-0.25, -0.2) is 4.98 Å². The molecule has 1 N–H and O–H groups in total. The van der Waals surface area contributed by atoms with Crippen LogP contribution in [0.3, 0.4) is 0 Å². The van der Waals surface area contributed by atoms with Gasteiger partial charge in [-0.1, -0.05) is 0 Å². The molecule has 116 valence electrons. The molecular weight excluding hydrogens is 266 g/mol. The van der Waals surface area contributed by atoms with Crippen molar-refractivity contribution in [2.45, 2.75) is 33.2 Å². The van der Waals surface area contributed by atoms with Crippen LogP contribution in [0, 0.1) is 6.92 Å². The molecule has 0 saturated heterocycles. The summed E-state index contributed by atoms with van der Waals surface area (Å²) in [6.07, 6.45) is 5.85. The molecule has 0 fully saturated rings. The van der Waals surface area contributed by atoms with Crippen molar-refractivity contribution in [1.82, 2.24) is 19.3 Å². The minimum absolute atomic E-state index is 0.776. The fourth-order valence-electron chi connectivity index (χ4n) is 2.26. The number of imidazole rings is 1. The molecule has 0 aliphatic heterocycles. The summed E-state index contributed by atoms with van der Waals surface area (Å²) < 4.78 is 9.42. The first-order chi connectivity index (χ1) is 10.2. The Balaban J connectivity index is 1.86. The Morgan fingerprint density at radius 1 is 1.38 bits per heavy atom. The van der Waals surface area contributed by atoms with Crippen LogP contribution in [-0.2, 0) is 24.8 Å². The Morgan fingerprint density at radius 2 is 2.24 bits per heavy atom. The number of rotatable bonds is 9. The molecule has 0 atom stereocenters. The van der Waals surface area contributed by atoms with Crippen molar-refractivity contribution in [1.29, 1.82) is 0 Å². The molecule has 0 aliphatic rings. The predicted octanol–water partition coefficient (Wildman–Crippen LogP) is 2.01. The van der Waals surface area contributed by atoms with Gasteiger partial charge in [0.25, 0.3) is 0 Å². The molecule has 0 bridgehead atoms. The number of nitrogens with one attached hydrogen (secondary N) is 1. The van der Waals surface area contributed by atoms with Crippen molar-refractivity contribution < 1.29 is 4.74 Å². The van der Waals surface area contributed by atoms with E-state index in [-0.39, 0.29) is 0 Å². The van der Waals surface area contributed by atoms with Gasteiger partial charge in [0.2, 0.25) is 5.95 Å². The van der Waals surface area contributed by atoms with E-state index in [2.05, 4.69) is 32.2 Å².